The number of hydrogen-bond acceptors (Lipinski definition) is 4. The van der Waals surface area contributed by atoms with Gasteiger partial charge in [-0.3, -0.25) is 9.59 Å². The van der Waals surface area contributed by atoms with E-state index in [4.69, 9.17) is 5.73 Å². The number of nitrogens with two attached hydrogens (primary N) is 1. The van der Waals surface area contributed by atoms with Crippen LogP contribution in [0.5, 0.6) is 0 Å². The van der Waals surface area contributed by atoms with Crippen LogP contribution >= 0.6 is 0 Å². The molecular formula is C18H17N5O2. The van der Waals surface area contributed by atoms with E-state index in [1.807, 2.05) is 60.7 Å². The van der Waals surface area contributed by atoms with Crippen LogP contribution in [-0.4, -0.2) is 33.4 Å². The van der Waals surface area contributed by atoms with Crippen molar-refractivity contribution in [3.63, 3.8) is 0 Å². The Labute approximate surface area is 144 Å². The molecule has 25 heavy (non-hydrogen) atoms. The summed E-state index contributed by atoms with van der Waals surface area (Å²) in [6, 6.07) is 19.4. The monoisotopic (exact) mass is 335 g/mol. The van der Waals surface area contributed by atoms with E-state index < -0.39 is 11.8 Å². The number of amides is 2. The van der Waals surface area contributed by atoms with Crippen molar-refractivity contribution in [2.45, 2.75) is 6.04 Å². The van der Waals surface area contributed by atoms with E-state index in [2.05, 4.69) is 15.6 Å². The van der Waals surface area contributed by atoms with E-state index in [-0.39, 0.29) is 18.3 Å². The highest BCUT2D eigenvalue weighted by atomic mass is 16.2. The second kappa shape index (κ2) is 7.39. The molecule has 0 spiro atoms. The van der Waals surface area contributed by atoms with Crippen molar-refractivity contribution in [3.8, 4) is 0 Å². The first-order valence-electron chi connectivity index (χ1n) is 7.73. The average molecular weight is 335 g/mol. The van der Waals surface area contributed by atoms with E-state index in [0.717, 1.165) is 11.1 Å². The van der Waals surface area contributed by atoms with E-state index in [9.17, 15) is 9.59 Å². The molecule has 0 aliphatic heterocycles. The zero-order valence-electron chi connectivity index (χ0n) is 13.4. The largest absolute Gasteiger partial charge is 0.368 e. The summed E-state index contributed by atoms with van der Waals surface area (Å²) in [4.78, 5) is 22.8. The van der Waals surface area contributed by atoms with Crippen molar-refractivity contribution in [2.75, 3.05) is 6.54 Å². The summed E-state index contributed by atoms with van der Waals surface area (Å²) < 4.78 is 1.63. The lowest BCUT2D eigenvalue weighted by molar-refractivity contribution is -0.117. The number of carbonyl (C=O) groups excluding carboxylic acids is 2. The topological polar surface area (TPSA) is 103 Å². The summed E-state index contributed by atoms with van der Waals surface area (Å²) >= 11 is 0. The molecule has 0 aliphatic rings. The van der Waals surface area contributed by atoms with Crippen molar-refractivity contribution in [1.82, 2.24) is 20.3 Å². The van der Waals surface area contributed by atoms with Gasteiger partial charge in [-0.15, -0.1) is 5.10 Å². The number of nitrogens with one attached hydrogen (secondary N) is 1. The van der Waals surface area contributed by atoms with Gasteiger partial charge in [-0.1, -0.05) is 65.9 Å². The van der Waals surface area contributed by atoms with Crippen LogP contribution in [-0.2, 0) is 4.79 Å². The molecular weight excluding hydrogens is 318 g/mol. The molecule has 2 amide bonds. The predicted octanol–water partition coefficient (Wildman–Crippen LogP) is 1.13. The Kier molecular flexibility index (Phi) is 4.84. The maximum Gasteiger partial charge on any atom is 0.273 e. The smallest absolute Gasteiger partial charge is 0.273 e. The Morgan fingerprint density at radius 1 is 1.00 bits per heavy atom. The highest BCUT2D eigenvalue weighted by molar-refractivity contribution is 5.94. The number of benzene rings is 2. The van der Waals surface area contributed by atoms with Gasteiger partial charge in [0.05, 0.1) is 12.7 Å². The van der Waals surface area contributed by atoms with Crippen molar-refractivity contribution >= 4 is 11.8 Å². The van der Waals surface area contributed by atoms with Gasteiger partial charge < -0.3 is 11.1 Å². The fraction of sp³-hybridized carbons (Fsp3) is 0.111. The fourth-order valence-electron chi connectivity index (χ4n) is 2.53. The van der Waals surface area contributed by atoms with E-state index in [0.29, 0.717) is 0 Å². The second-order valence-electron chi connectivity index (χ2n) is 5.46. The first-order chi connectivity index (χ1) is 12.1. The second-order valence-corrected chi connectivity index (χ2v) is 5.46. The Morgan fingerprint density at radius 2 is 1.56 bits per heavy atom. The minimum absolute atomic E-state index is 0.123. The summed E-state index contributed by atoms with van der Waals surface area (Å²) in [7, 11) is 0. The summed E-state index contributed by atoms with van der Waals surface area (Å²) in [5.41, 5.74) is 7.19. The average Bonchev–Trinajstić information content (AvgIpc) is 3.11. The maximum absolute atomic E-state index is 12.0. The van der Waals surface area contributed by atoms with Crippen LogP contribution in [0.3, 0.4) is 0 Å². The first-order valence-corrected chi connectivity index (χ1v) is 7.73. The van der Waals surface area contributed by atoms with Gasteiger partial charge in [0.15, 0.2) is 5.69 Å². The molecule has 0 saturated carbocycles. The Balaban J connectivity index is 1.93. The highest BCUT2D eigenvalue weighted by Gasteiger charge is 2.20. The third-order valence-corrected chi connectivity index (χ3v) is 3.66. The maximum atomic E-state index is 12.0. The molecule has 3 rings (SSSR count). The quantitative estimate of drug-likeness (QED) is 0.705. The van der Waals surface area contributed by atoms with Gasteiger partial charge >= 0.3 is 0 Å². The fourth-order valence-corrected chi connectivity index (χ4v) is 2.53. The standard InChI is InChI=1S/C18H17N5O2/c19-16(24)11-20-18(25)15-12-23(22-21-15)17(13-7-3-1-4-8-13)14-9-5-2-6-10-14/h1-10,12,17H,11H2,(H2,19,24)(H,20,25). The van der Waals surface area contributed by atoms with Crippen LogP contribution in [0.15, 0.2) is 66.9 Å². The van der Waals surface area contributed by atoms with Gasteiger partial charge in [-0.2, -0.15) is 0 Å². The molecule has 2 aromatic carbocycles. The molecule has 0 bridgehead atoms. The van der Waals surface area contributed by atoms with Crippen molar-refractivity contribution in [1.29, 1.82) is 0 Å². The minimum Gasteiger partial charge on any atom is -0.368 e. The zero-order chi connectivity index (χ0) is 17.6. The molecule has 0 aliphatic carbocycles. The SMILES string of the molecule is NC(=O)CNC(=O)c1cn(C(c2ccccc2)c2ccccc2)nn1. The van der Waals surface area contributed by atoms with Crippen LogP contribution < -0.4 is 11.1 Å². The van der Waals surface area contributed by atoms with E-state index in [1.165, 1.54) is 0 Å². The summed E-state index contributed by atoms with van der Waals surface area (Å²) in [6.07, 6.45) is 1.56. The third-order valence-electron chi connectivity index (χ3n) is 3.66. The molecule has 0 radical (unpaired) electrons. The minimum atomic E-state index is -0.618. The first kappa shape index (κ1) is 16.4. The number of hydrogen-bond donors (Lipinski definition) is 2. The van der Waals surface area contributed by atoms with Crippen LogP contribution in [0.2, 0.25) is 0 Å². The van der Waals surface area contributed by atoms with Gasteiger partial charge in [-0.25, -0.2) is 4.68 Å². The summed E-state index contributed by atoms with van der Waals surface area (Å²) in [5.74, 6) is -1.11. The Hall–Kier alpha value is -3.48. The van der Waals surface area contributed by atoms with Gasteiger partial charge in [0.1, 0.15) is 6.04 Å². The van der Waals surface area contributed by atoms with Gasteiger partial charge in [-0.05, 0) is 11.1 Å². The van der Waals surface area contributed by atoms with Crippen molar-refractivity contribution < 1.29 is 9.59 Å². The van der Waals surface area contributed by atoms with Crippen LogP contribution in [0.1, 0.15) is 27.7 Å². The zero-order valence-corrected chi connectivity index (χ0v) is 13.4. The van der Waals surface area contributed by atoms with E-state index in [1.54, 1.807) is 10.9 Å². The molecule has 7 heteroatoms. The van der Waals surface area contributed by atoms with Gasteiger partial charge in [0, 0.05) is 0 Å². The molecule has 0 saturated heterocycles. The highest BCUT2D eigenvalue weighted by Crippen LogP contribution is 2.25. The molecule has 1 aromatic heterocycles. The molecule has 0 atom stereocenters. The number of primary amides is 1. The van der Waals surface area contributed by atoms with E-state index >= 15 is 0 Å². The predicted molar refractivity (Wildman–Crippen MR) is 91.7 cm³/mol. The summed E-state index contributed by atoms with van der Waals surface area (Å²) in [6.45, 7) is -0.244. The molecule has 7 nitrogen and oxygen atoms in total. The molecule has 0 fully saturated rings. The molecule has 3 N–H and O–H groups in total. The van der Waals surface area contributed by atoms with Gasteiger partial charge in [0.25, 0.3) is 5.91 Å². The molecule has 1 heterocycles. The number of rotatable bonds is 6. The normalized spacial score (nSPS) is 10.6. The lowest BCUT2D eigenvalue weighted by Gasteiger charge is -2.17. The number of carbonyl (C=O) groups is 2. The molecule has 3 aromatic rings. The molecule has 126 valence electrons. The molecule has 0 unspecified atom stereocenters. The van der Waals surface area contributed by atoms with Crippen molar-refractivity contribution in [3.05, 3.63) is 83.7 Å². The Bertz CT molecular complexity index is 822. The van der Waals surface area contributed by atoms with Crippen LogP contribution in [0.4, 0.5) is 0 Å². The third kappa shape index (κ3) is 3.89. The van der Waals surface area contributed by atoms with Crippen LogP contribution in [0, 0.1) is 0 Å². The lowest BCUT2D eigenvalue weighted by atomic mass is 9.99. The Morgan fingerprint density at radius 3 is 2.08 bits per heavy atom. The van der Waals surface area contributed by atoms with Crippen LogP contribution in [0.25, 0.3) is 0 Å². The number of nitrogens with zero attached hydrogens (tertiary/aromatic N) is 3. The lowest BCUT2D eigenvalue weighted by Crippen LogP contribution is -2.33. The van der Waals surface area contributed by atoms with Gasteiger partial charge in [0.2, 0.25) is 5.91 Å². The van der Waals surface area contributed by atoms with Crippen molar-refractivity contribution in [2.24, 2.45) is 5.73 Å². The number of aromatic nitrogens is 3. The summed E-state index contributed by atoms with van der Waals surface area (Å²) in [5, 5.41) is 10.4.